The van der Waals surface area contributed by atoms with Crippen molar-refractivity contribution in [3.05, 3.63) is 78.1 Å². The van der Waals surface area contributed by atoms with Gasteiger partial charge in [0.25, 0.3) is 0 Å². The van der Waals surface area contributed by atoms with Crippen molar-refractivity contribution in [2.75, 3.05) is 6.61 Å². The highest BCUT2D eigenvalue weighted by molar-refractivity contribution is 8.00. The second-order valence-corrected chi connectivity index (χ2v) is 8.56. The van der Waals surface area contributed by atoms with E-state index < -0.39 is 29.0 Å². The fraction of sp³-hybridized carbons (Fsp3) is 0.318. The molecule has 1 aliphatic heterocycles. The monoisotopic (exact) mass is 428 g/mol. The molecule has 1 fully saturated rings. The minimum atomic E-state index is -1.38. The summed E-state index contributed by atoms with van der Waals surface area (Å²) >= 11 is 1.12. The fourth-order valence-corrected chi connectivity index (χ4v) is 4.70. The SMILES string of the molecule is OC[C@H]1S[C@@H](Oc2ccccc2Cc2ccc(-n3cccn3)cc2)[C@H](O)[C@@H](O)[C@@H]1O. The summed E-state index contributed by atoms with van der Waals surface area (Å²) in [4.78, 5) is 0. The number of aromatic nitrogens is 2. The van der Waals surface area contributed by atoms with Crippen LogP contribution < -0.4 is 4.74 Å². The summed E-state index contributed by atoms with van der Waals surface area (Å²) < 4.78 is 7.81. The van der Waals surface area contributed by atoms with Crippen molar-refractivity contribution in [3.63, 3.8) is 0 Å². The molecule has 30 heavy (non-hydrogen) atoms. The zero-order valence-corrected chi connectivity index (χ0v) is 17.0. The summed E-state index contributed by atoms with van der Waals surface area (Å²) in [5.74, 6) is 0.588. The van der Waals surface area contributed by atoms with Crippen molar-refractivity contribution >= 4 is 11.8 Å². The van der Waals surface area contributed by atoms with Crippen molar-refractivity contribution < 1.29 is 25.2 Å². The van der Waals surface area contributed by atoms with Crippen LogP contribution in [0, 0.1) is 0 Å². The largest absolute Gasteiger partial charge is 0.477 e. The molecule has 1 saturated heterocycles. The minimum Gasteiger partial charge on any atom is -0.477 e. The van der Waals surface area contributed by atoms with Gasteiger partial charge in [-0.15, -0.1) is 11.8 Å². The van der Waals surface area contributed by atoms with Crippen molar-refractivity contribution in [3.8, 4) is 11.4 Å². The molecule has 158 valence electrons. The normalized spacial score (nSPS) is 26.5. The predicted octanol–water partition coefficient (Wildman–Crippen LogP) is 1.36. The lowest BCUT2D eigenvalue weighted by molar-refractivity contribution is -0.0910. The molecule has 0 radical (unpaired) electrons. The molecule has 4 N–H and O–H groups in total. The lowest BCUT2D eigenvalue weighted by Gasteiger charge is -2.39. The Balaban J connectivity index is 1.50. The third-order valence-electron chi connectivity index (χ3n) is 5.16. The van der Waals surface area contributed by atoms with Crippen LogP contribution in [0.25, 0.3) is 5.69 Å². The minimum absolute atomic E-state index is 0.320. The number of para-hydroxylation sites is 1. The highest BCUT2D eigenvalue weighted by Crippen LogP contribution is 2.35. The van der Waals surface area contributed by atoms with Gasteiger partial charge in [0.2, 0.25) is 0 Å². The number of nitrogens with zero attached hydrogens (tertiary/aromatic N) is 2. The van der Waals surface area contributed by atoms with Gasteiger partial charge in [-0.3, -0.25) is 0 Å². The van der Waals surface area contributed by atoms with Crippen LogP contribution in [0.15, 0.2) is 67.0 Å². The topological polar surface area (TPSA) is 108 Å². The smallest absolute Gasteiger partial charge is 0.173 e. The van der Waals surface area contributed by atoms with E-state index in [0.29, 0.717) is 12.2 Å². The number of hydrogen-bond donors (Lipinski definition) is 4. The van der Waals surface area contributed by atoms with Gasteiger partial charge in [-0.25, -0.2) is 4.68 Å². The van der Waals surface area contributed by atoms with E-state index in [9.17, 15) is 20.4 Å². The highest BCUT2D eigenvalue weighted by Gasteiger charge is 2.44. The van der Waals surface area contributed by atoms with E-state index in [-0.39, 0.29) is 6.61 Å². The summed E-state index contributed by atoms with van der Waals surface area (Å²) in [6.45, 7) is -0.320. The zero-order chi connectivity index (χ0) is 21.1. The average molecular weight is 429 g/mol. The highest BCUT2D eigenvalue weighted by atomic mass is 32.2. The summed E-state index contributed by atoms with van der Waals surface area (Å²) in [5, 5.41) is 43.5. The summed E-state index contributed by atoms with van der Waals surface area (Å²) in [5.41, 5.74) is 2.18. The van der Waals surface area contributed by atoms with Gasteiger partial charge in [0.1, 0.15) is 18.0 Å². The number of ether oxygens (including phenoxy) is 1. The number of hydrogen-bond acceptors (Lipinski definition) is 7. The van der Waals surface area contributed by atoms with Crippen LogP contribution in [0.4, 0.5) is 0 Å². The maximum absolute atomic E-state index is 10.3. The molecule has 0 amide bonds. The lowest BCUT2D eigenvalue weighted by atomic mass is 10.0. The Morgan fingerprint density at radius 2 is 1.70 bits per heavy atom. The average Bonchev–Trinajstić information content (AvgIpc) is 3.31. The van der Waals surface area contributed by atoms with Crippen LogP contribution in [0.5, 0.6) is 5.75 Å². The molecule has 0 spiro atoms. The lowest BCUT2D eigenvalue weighted by Crippen LogP contribution is -2.55. The van der Waals surface area contributed by atoms with Crippen LogP contribution in [0.3, 0.4) is 0 Å². The standard InChI is InChI=1S/C22H24N2O5S/c25-13-18-19(26)20(27)21(28)22(30-18)29-17-5-2-1-4-15(17)12-14-6-8-16(9-7-14)24-11-3-10-23-24/h1-11,18-22,25-28H,12-13H2/t18-,19-,20+,21-,22-/m1/s1. The molecular formula is C22H24N2O5S. The number of thioether (sulfide) groups is 1. The van der Waals surface area contributed by atoms with E-state index in [1.54, 1.807) is 10.9 Å². The van der Waals surface area contributed by atoms with Crippen LogP contribution >= 0.6 is 11.8 Å². The number of aliphatic hydroxyl groups excluding tert-OH is 4. The Morgan fingerprint density at radius 1 is 0.933 bits per heavy atom. The van der Waals surface area contributed by atoms with Crippen molar-refractivity contribution in [1.29, 1.82) is 0 Å². The van der Waals surface area contributed by atoms with Gasteiger partial charge in [-0.2, -0.15) is 5.10 Å². The molecule has 0 aliphatic carbocycles. The van der Waals surface area contributed by atoms with E-state index in [1.165, 1.54) is 0 Å². The van der Waals surface area contributed by atoms with E-state index >= 15 is 0 Å². The molecule has 0 saturated carbocycles. The number of rotatable bonds is 6. The van der Waals surface area contributed by atoms with Gasteiger partial charge in [-0.05, 0) is 35.4 Å². The Morgan fingerprint density at radius 3 is 2.40 bits per heavy atom. The molecule has 1 aromatic heterocycles. The Bertz CT molecular complexity index is 948. The quantitative estimate of drug-likeness (QED) is 0.470. The zero-order valence-electron chi connectivity index (χ0n) is 16.2. The van der Waals surface area contributed by atoms with Crippen molar-refractivity contribution in [1.82, 2.24) is 9.78 Å². The molecule has 3 aromatic rings. The van der Waals surface area contributed by atoms with Crippen molar-refractivity contribution in [2.45, 2.75) is 35.4 Å². The molecule has 7 nitrogen and oxygen atoms in total. The van der Waals surface area contributed by atoms with Crippen LogP contribution in [0.1, 0.15) is 11.1 Å². The molecular weight excluding hydrogens is 404 g/mol. The van der Waals surface area contributed by atoms with Crippen molar-refractivity contribution in [2.24, 2.45) is 0 Å². The molecule has 2 heterocycles. The van der Waals surface area contributed by atoms with Gasteiger partial charge in [0, 0.05) is 18.8 Å². The number of aliphatic hydroxyl groups is 4. The van der Waals surface area contributed by atoms with Crippen LogP contribution in [0.2, 0.25) is 0 Å². The van der Waals surface area contributed by atoms with Crippen LogP contribution in [-0.2, 0) is 6.42 Å². The van der Waals surface area contributed by atoms with Gasteiger partial charge in [0.05, 0.1) is 23.6 Å². The van der Waals surface area contributed by atoms with Gasteiger partial charge in [-0.1, -0.05) is 30.3 Å². The second-order valence-electron chi connectivity index (χ2n) is 7.22. The molecule has 4 rings (SSSR count). The molecule has 1 aliphatic rings. The summed E-state index contributed by atoms with van der Waals surface area (Å²) in [6.07, 6.45) is 0.382. The van der Waals surface area contributed by atoms with Crippen LogP contribution in [-0.4, -0.2) is 65.8 Å². The molecule has 5 atom stereocenters. The first kappa shape index (κ1) is 20.9. The second kappa shape index (κ2) is 9.20. The molecule has 2 aromatic carbocycles. The van der Waals surface area contributed by atoms with Gasteiger partial charge < -0.3 is 25.2 Å². The van der Waals surface area contributed by atoms with E-state index in [2.05, 4.69) is 5.10 Å². The van der Waals surface area contributed by atoms with Gasteiger partial charge in [0.15, 0.2) is 5.44 Å². The maximum atomic E-state index is 10.3. The Hall–Kier alpha value is -2.36. The Kier molecular flexibility index (Phi) is 6.40. The first-order valence-corrected chi connectivity index (χ1v) is 10.6. The predicted molar refractivity (Wildman–Crippen MR) is 114 cm³/mol. The summed E-state index contributed by atoms with van der Waals surface area (Å²) in [6, 6.07) is 17.4. The summed E-state index contributed by atoms with van der Waals surface area (Å²) in [7, 11) is 0. The third kappa shape index (κ3) is 4.38. The first-order chi connectivity index (χ1) is 14.6. The van der Waals surface area contributed by atoms with E-state index in [4.69, 9.17) is 4.74 Å². The Labute approximate surface area is 178 Å². The first-order valence-electron chi connectivity index (χ1n) is 9.71. The van der Waals surface area contributed by atoms with E-state index in [0.717, 1.165) is 28.6 Å². The van der Waals surface area contributed by atoms with E-state index in [1.807, 2.05) is 60.8 Å². The van der Waals surface area contributed by atoms with Gasteiger partial charge >= 0.3 is 0 Å². The molecule has 8 heteroatoms. The number of benzene rings is 2. The molecule has 0 bridgehead atoms. The molecule has 0 unspecified atom stereocenters. The fourth-order valence-electron chi connectivity index (χ4n) is 3.46. The third-order valence-corrected chi connectivity index (χ3v) is 6.58. The maximum Gasteiger partial charge on any atom is 0.173 e.